The number of likely N-dealkylation sites (tertiary alicyclic amines) is 1. The number of amides is 1. The Bertz CT molecular complexity index is 849. The summed E-state index contributed by atoms with van der Waals surface area (Å²) in [5.41, 5.74) is 0.670. The Morgan fingerprint density at radius 2 is 1.71 bits per heavy atom. The van der Waals surface area contributed by atoms with Gasteiger partial charge >= 0.3 is 0 Å². The lowest BCUT2D eigenvalue weighted by molar-refractivity contribution is -0.125. The van der Waals surface area contributed by atoms with Gasteiger partial charge < -0.3 is 19.7 Å². The first-order valence-electron chi connectivity index (χ1n) is 9.96. The highest BCUT2D eigenvalue weighted by atomic mass is 16.6. The molecule has 1 spiro atoms. The van der Waals surface area contributed by atoms with Gasteiger partial charge in [-0.05, 0) is 37.1 Å². The number of anilines is 1. The van der Waals surface area contributed by atoms with E-state index >= 15 is 0 Å². The number of para-hydroxylation sites is 3. The summed E-state index contributed by atoms with van der Waals surface area (Å²) in [6.45, 7) is 3.71. The van der Waals surface area contributed by atoms with E-state index < -0.39 is 5.54 Å². The number of carbonyl (C=O) groups excluding carboxylic acids is 1. The molecule has 1 atom stereocenters. The van der Waals surface area contributed by atoms with Gasteiger partial charge in [0.1, 0.15) is 18.2 Å². The van der Waals surface area contributed by atoms with Crippen molar-refractivity contribution in [2.75, 3.05) is 37.8 Å². The third-order valence-electron chi connectivity index (χ3n) is 6.12. The maximum atomic E-state index is 12.8. The highest BCUT2D eigenvalue weighted by molar-refractivity contribution is 5.93. The quantitative estimate of drug-likeness (QED) is 0.887. The van der Waals surface area contributed by atoms with Gasteiger partial charge in [0, 0.05) is 25.3 Å². The molecule has 0 aromatic heterocycles. The van der Waals surface area contributed by atoms with Crippen LogP contribution in [-0.4, -0.2) is 55.4 Å². The van der Waals surface area contributed by atoms with Crippen molar-refractivity contribution < 1.29 is 14.3 Å². The van der Waals surface area contributed by atoms with E-state index in [2.05, 4.69) is 27.2 Å². The van der Waals surface area contributed by atoms with Gasteiger partial charge in [0.2, 0.25) is 5.91 Å². The standard InChI is InChI=1S/C22H25N3O3/c26-21-22(25(16-23-21)17-6-2-1-3-7-17)10-12-24(13-11-22)14-18-15-27-19-8-4-5-9-20(19)28-18/h1-9,18H,10-16H2,(H,23,26)/t18-/m1/s1. The molecule has 3 aliphatic rings. The third-order valence-corrected chi connectivity index (χ3v) is 6.12. The molecule has 2 saturated heterocycles. The molecule has 3 heterocycles. The SMILES string of the molecule is O=C1NCN(c2ccccc2)C12CCN(C[C@@H]1COc3ccccc3O1)CC2. The van der Waals surface area contributed by atoms with Crippen molar-refractivity contribution in [2.45, 2.75) is 24.5 Å². The Labute approximate surface area is 165 Å². The van der Waals surface area contributed by atoms with E-state index in [0.29, 0.717) is 13.3 Å². The number of rotatable bonds is 3. The third kappa shape index (κ3) is 2.98. The summed E-state index contributed by atoms with van der Waals surface area (Å²) in [7, 11) is 0. The van der Waals surface area contributed by atoms with Crippen molar-refractivity contribution >= 4 is 11.6 Å². The van der Waals surface area contributed by atoms with Crippen LogP contribution < -0.4 is 19.7 Å². The molecule has 0 bridgehead atoms. The zero-order valence-electron chi connectivity index (χ0n) is 15.8. The van der Waals surface area contributed by atoms with Crippen LogP contribution in [0, 0.1) is 0 Å². The van der Waals surface area contributed by atoms with Gasteiger partial charge in [-0.25, -0.2) is 0 Å². The smallest absolute Gasteiger partial charge is 0.247 e. The summed E-state index contributed by atoms with van der Waals surface area (Å²) in [5.74, 6) is 1.79. The normalized spacial score (nSPS) is 23.6. The first kappa shape index (κ1) is 17.4. The number of hydrogen-bond donors (Lipinski definition) is 1. The number of fused-ring (bicyclic) bond motifs is 1. The molecule has 2 aromatic carbocycles. The average Bonchev–Trinajstić information content (AvgIpc) is 3.06. The highest BCUT2D eigenvalue weighted by Crippen LogP contribution is 2.37. The number of nitrogens with one attached hydrogen (secondary N) is 1. The lowest BCUT2D eigenvalue weighted by Gasteiger charge is -2.44. The monoisotopic (exact) mass is 379 g/mol. The topological polar surface area (TPSA) is 54.0 Å². The molecule has 5 rings (SSSR count). The van der Waals surface area contributed by atoms with Gasteiger partial charge in [0.15, 0.2) is 11.5 Å². The minimum atomic E-state index is -0.436. The summed E-state index contributed by atoms with van der Waals surface area (Å²) in [5, 5.41) is 3.06. The molecule has 3 aliphatic heterocycles. The van der Waals surface area contributed by atoms with Crippen LogP contribution in [0.5, 0.6) is 11.5 Å². The number of nitrogens with zero attached hydrogens (tertiary/aromatic N) is 2. The zero-order chi connectivity index (χ0) is 19.0. The second-order valence-electron chi connectivity index (χ2n) is 7.76. The van der Waals surface area contributed by atoms with Gasteiger partial charge in [0.25, 0.3) is 0 Å². The molecule has 28 heavy (non-hydrogen) atoms. The van der Waals surface area contributed by atoms with Crippen LogP contribution in [0.15, 0.2) is 54.6 Å². The van der Waals surface area contributed by atoms with E-state index in [9.17, 15) is 4.79 Å². The summed E-state index contributed by atoms with van der Waals surface area (Å²) in [6.07, 6.45) is 1.65. The Hall–Kier alpha value is -2.73. The largest absolute Gasteiger partial charge is 0.486 e. The Morgan fingerprint density at radius 1 is 1.00 bits per heavy atom. The zero-order valence-corrected chi connectivity index (χ0v) is 15.8. The van der Waals surface area contributed by atoms with E-state index in [0.717, 1.165) is 49.7 Å². The molecule has 2 aromatic rings. The highest BCUT2D eigenvalue weighted by Gasteiger charge is 2.50. The van der Waals surface area contributed by atoms with Crippen LogP contribution in [0.3, 0.4) is 0 Å². The van der Waals surface area contributed by atoms with Crippen molar-refractivity contribution in [1.82, 2.24) is 10.2 Å². The first-order chi connectivity index (χ1) is 13.7. The molecule has 6 nitrogen and oxygen atoms in total. The van der Waals surface area contributed by atoms with Gasteiger partial charge in [-0.3, -0.25) is 9.69 Å². The molecular formula is C22H25N3O3. The van der Waals surface area contributed by atoms with Crippen LogP contribution in [-0.2, 0) is 4.79 Å². The molecule has 0 radical (unpaired) electrons. The second kappa shape index (κ2) is 7.02. The van der Waals surface area contributed by atoms with Crippen LogP contribution in [0.1, 0.15) is 12.8 Å². The minimum Gasteiger partial charge on any atom is -0.486 e. The summed E-state index contributed by atoms with van der Waals surface area (Å²) >= 11 is 0. The van der Waals surface area contributed by atoms with Crippen molar-refractivity contribution in [3.63, 3.8) is 0 Å². The molecule has 0 saturated carbocycles. The number of ether oxygens (including phenoxy) is 2. The summed E-state index contributed by atoms with van der Waals surface area (Å²) in [6, 6.07) is 18.0. The van der Waals surface area contributed by atoms with Crippen molar-refractivity contribution in [3.8, 4) is 11.5 Å². The lowest BCUT2D eigenvalue weighted by Crippen LogP contribution is -2.57. The number of hydrogen-bond acceptors (Lipinski definition) is 5. The molecule has 146 valence electrons. The second-order valence-corrected chi connectivity index (χ2v) is 7.76. The fourth-order valence-corrected chi connectivity index (χ4v) is 4.58. The van der Waals surface area contributed by atoms with Crippen LogP contribution in [0.4, 0.5) is 5.69 Å². The van der Waals surface area contributed by atoms with Crippen molar-refractivity contribution in [2.24, 2.45) is 0 Å². The molecule has 2 fully saturated rings. The van der Waals surface area contributed by atoms with Crippen molar-refractivity contribution in [1.29, 1.82) is 0 Å². The Kier molecular flexibility index (Phi) is 4.36. The fraction of sp³-hybridized carbons (Fsp3) is 0.409. The fourth-order valence-electron chi connectivity index (χ4n) is 4.58. The van der Waals surface area contributed by atoms with E-state index in [4.69, 9.17) is 9.47 Å². The van der Waals surface area contributed by atoms with Crippen LogP contribution in [0.25, 0.3) is 0 Å². The molecular weight excluding hydrogens is 354 g/mol. The van der Waals surface area contributed by atoms with E-state index in [1.54, 1.807) is 0 Å². The van der Waals surface area contributed by atoms with Crippen LogP contribution in [0.2, 0.25) is 0 Å². The molecule has 1 amide bonds. The maximum Gasteiger partial charge on any atom is 0.247 e. The number of benzene rings is 2. The molecule has 1 N–H and O–H groups in total. The summed E-state index contributed by atoms with van der Waals surface area (Å²) in [4.78, 5) is 17.4. The average molecular weight is 379 g/mol. The maximum absolute atomic E-state index is 12.8. The summed E-state index contributed by atoms with van der Waals surface area (Å²) < 4.78 is 11.9. The van der Waals surface area contributed by atoms with E-state index in [1.165, 1.54) is 0 Å². The molecule has 0 unspecified atom stereocenters. The predicted octanol–water partition coefficient (Wildman–Crippen LogP) is 2.25. The van der Waals surface area contributed by atoms with Crippen LogP contribution >= 0.6 is 0 Å². The lowest BCUT2D eigenvalue weighted by atomic mass is 9.85. The molecule has 0 aliphatic carbocycles. The molecule has 6 heteroatoms. The minimum absolute atomic E-state index is 0.0200. The van der Waals surface area contributed by atoms with Gasteiger partial charge in [-0.2, -0.15) is 0 Å². The number of piperidine rings is 1. The number of carbonyl (C=O) groups is 1. The first-order valence-corrected chi connectivity index (χ1v) is 9.96. The predicted molar refractivity (Wildman–Crippen MR) is 107 cm³/mol. The van der Waals surface area contributed by atoms with Gasteiger partial charge in [-0.15, -0.1) is 0 Å². The van der Waals surface area contributed by atoms with Crippen molar-refractivity contribution in [3.05, 3.63) is 54.6 Å². The van der Waals surface area contributed by atoms with E-state index in [-0.39, 0.29) is 12.0 Å². The van der Waals surface area contributed by atoms with Gasteiger partial charge in [-0.1, -0.05) is 30.3 Å². The van der Waals surface area contributed by atoms with Gasteiger partial charge in [0.05, 0.1) is 6.67 Å². The van der Waals surface area contributed by atoms with E-state index in [1.807, 2.05) is 42.5 Å². The Balaban J connectivity index is 1.24. The Morgan fingerprint density at radius 3 is 2.50 bits per heavy atom.